The Morgan fingerprint density at radius 2 is 1.90 bits per heavy atom. The van der Waals surface area contributed by atoms with Gasteiger partial charge in [-0.2, -0.15) is 0 Å². The predicted molar refractivity (Wildman–Crippen MR) is 77.1 cm³/mol. The van der Waals surface area contributed by atoms with E-state index in [1.807, 2.05) is 0 Å². The smallest absolute Gasteiger partial charge is 0.253 e. The van der Waals surface area contributed by atoms with Gasteiger partial charge in [-0.15, -0.1) is 0 Å². The number of nitrogens with two attached hydrogens (primary N) is 1. The summed E-state index contributed by atoms with van der Waals surface area (Å²) in [6.45, 7) is 0. The number of carbonyl (C=O) groups is 1. The van der Waals surface area contributed by atoms with Gasteiger partial charge >= 0.3 is 0 Å². The van der Waals surface area contributed by atoms with Gasteiger partial charge in [-0.25, -0.2) is 17.9 Å². The van der Waals surface area contributed by atoms with Crippen molar-refractivity contribution < 1.29 is 17.6 Å². The number of halogens is 2. The molecule has 8 heteroatoms. The van der Waals surface area contributed by atoms with Crippen LogP contribution in [0.2, 0.25) is 5.02 Å². The van der Waals surface area contributed by atoms with Crippen molar-refractivity contribution in [2.75, 3.05) is 0 Å². The number of hydrogen-bond acceptors (Lipinski definition) is 3. The number of nitrogens with one attached hydrogen (secondary N) is 1. The molecule has 1 saturated carbocycles. The minimum atomic E-state index is -4.11. The van der Waals surface area contributed by atoms with Gasteiger partial charge in [0.1, 0.15) is 5.82 Å². The topological polar surface area (TPSA) is 89.3 Å². The monoisotopic (exact) mass is 334 g/mol. The third kappa shape index (κ3) is 3.93. The van der Waals surface area contributed by atoms with Crippen molar-refractivity contribution in [3.63, 3.8) is 0 Å². The Hall–Kier alpha value is -1.18. The zero-order chi connectivity index (χ0) is 15.6. The first kappa shape index (κ1) is 16.2. The van der Waals surface area contributed by atoms with Crippen LogP contribution in [0.3, 0.4) is 0 Å². The van der Waals surface area contributed by atoms with Gasteiger partial charge in [0.15, 0.2) is 0 Å². The summed E-state index contributed by atoms with van der Waals surface area (Å²) in [6, 6.07) is 1.71. The number of primary sulfonamides is 1. The summed E-state index contributed by atoms with van der Waals surface area (Å²) >= 11 is 5.76. The molecule has 0 heterocycles. The van der Waals surface area contributed by atoms with E-state index in [-0.39, 0.29) is 11.6 Å². The van der Waals surface area contributed by atoms with E-state index in [1.165, 1.54) is 0 Å². The minimum Gasteiger partial charge on any atom is -0.349 e. The molecule has 0 aliphatic heterocycles. The zero-order valence-corrected chi connectivity index (χ0v) is 12.8. The predicted octanol–water partition coefficient (Wildman–Crippen LogP) is 2.19. The molecule has 0 bridgehead atoms. The maximum absolute atomic E-state index is 13.7. The lowest BCUT2D eigenvalue weighted by Gasteiger charge is -2.23. The maximum Gasteiger partial charge on any atom is 0.253 e. The molecule has 1 aromatic rings. The lowest BCUT2D eigenvalue weighted by Crippen LogP contribution is -2.36. The molecule has 0 radical (unpaired) electrons. The highest BCUT2D eigenvalue weighted by Gasteiger charge is 2.22. The molecule has 1 aliphatic rings. The third-order valence-electron chi connectivity index (χ3n) is 3.52. The van der Waals surface area contributed by atoms with Crippen LogP contribution in [0.5, 0.6) is 0 Å². The number of carbonyl (C=O) groups excluding carboxylic acids is 1. The molecule has 1 amide bonds. The molecular formula is C13H16ClFN2O3S. The first-order valence-electron chi connectivity index (χ1n) is 6.62. The molecule has 0 unspecified atom stereocenters. The van der Waals surface area contributed by atoms with Gasteiger partial charge in [-0.3, -0.25) is 4.79 Å². The van der Waals surface area contributed by atoms with Gasteiger partial charge < -0.3 is 5.32 Å². The first-order valence-corrected chi connectivity index (χ1v) is 8.54. The molecule has 0 aromatic heterocycles. The molecule has 0 spiro atoms. The van der Waals surface area contributed by atoms with Crippen molar-refractivity contribution in [2.45, 2.75) is 43.0 Å². The van der Waals surface area contributed by atoms with Crippen LogP contribution in [0.15, 0.2) is 17.0 Å². The highest BCUT2D eigenvalue weighted by atomic mass is 35.5. The van der Waals surface area contributed by atoms with E-state index < -0.39 is 31.7 Å². The lowest BCUT2D eigenvalue weighted by molar-refractivity contribution is 0.0927. The van der Waals surface area contributed by atoms with Crippen molar-refractivity contribution >= 4 is 27.5 Å². The summed E-state index contributed by atoms with van der Waals surface area (Å²) in [6.07, 6.45) is 4.86. The van der Waals surface area contributed by atoms with Crippen molar-refractivity contribution in [1.29, 1.82) is 0 Å². The van der Waals surface area contributed by atoms with Crippen LogP contribution in [0.1, 0.15) is 42.5 Å². The van der Waals surface area contributed by atoms with Crippen LogP contribution >= 0.6 is 11.6 Å². The van der Waals surface area contributed by atoms with Crippen molar-refractivity contribution in [2.24, 2.45) is 5.14 Å². The van der Waals surface area contributed by atoms with E-state index in [0.717, 1.165) is 38.2 Å². The van der Waals surface area contributed by atoms with Gasteiger partial charge in [0, 0.05) is 6.04 Å². The van der Waals surface area contributed by atoms with Crippen LogP contribution in [0.25, 0.3) is 0 Å². The van der Waals surface area contributed by atoms with Crippen LogP contribution in [-0.2, 0) is 10.0 Å². The highest BCUT2D eigenvalue weighted by Crippen LogP contribution is 2.25. The van der Waals surface area contributed by atoms with Crippen molar-refractivity contribution in [1.82, 2.24) is 5.32 Å². The summed E-state index contributed by atoms with van der Waals surface area (Å²) in [7, 11) is -4.11. The number of sulfonamides is 1. The normalized spacial score (nSPS) is 16.7. The molecule has 0 atom stereocenters. The molecule has 1 aliphatic carbocycles. The molecule has 1 fully saturated rings. The highest BCUT2D eigenvalue weighted by molar-refractivity contribution is 7.89. The Morgan fingerprint density at radius 3 is 2.48 bits per heavy atom. The van der Waals surface area contributed by atoms with Crippen molar-refractivity contribution in [3.05, 3.63) is 28.5 Å². The van der Waals surface area contributed by atoms with Crippen LogP contribution < -0.4 is 10.5 Å². The number of benzene rings is 1. The Balaban J connectivity index is 2.29. The van der Waals surface area contributed by atoms with Gasteiger partial charge in [-0.05, 0) is 25.0 Å². The average Bonchev–Trinajstić information content (AvgIpc) is 2.41. The first-order chi connectivity index (χ1) is 9.79. The molecular weight excluding hydrogens is 319 g/mol. The third-order valence-corrected chi connectivity index (χ3v) is 4.79. The second-order valence-electron chi connectivity index (χ2n) is 5.12. The molecule has 5 nitrogen and oxygen atoms in total. The molecule has 116 valence electrons. The fourth-order valence-corrected chi connectivity index (χ4v) is 3.15. The second-order valence-corrected chi connectivity index (χ2v) is 7.06. The fourth-order valence-electron chi connectivity index (χ4n) is 2.40. The molecule has 3 N–H and O–H groups in total. The van der Waals surface area contributed by atoms with Gasteiger partial charge in [0.05, 0.1) is 15.5 Å². The minimum absolute atomic E-state index is 0.00326. The molecule has 2 rings (SSSR count). The Morgan fingerprint density at radius 1 is 1.29 bits per heavy atom. The Kier molecular flexibility index (Phi) is 4.85. The Labute approximate surface area is 127 Å². The summed E-state index contributed by atoms with van der Waals surface area (Å²) in [5, 5.41) is 7.31. The van der Waals surface area contributed by atoms with Gasteiger partial charge in [-0.1, -0.05) is 30.9 Å². The number of hydrogen-bond donors (Lipinski definition) is 2. The number of rotatable bonds is 3. The van der Waals surface area contributed by atoms with E-state index in [0.29, 0.717) is 6.07 Å². The van der Waals surface area contributed by atoms with E-state index in [9.17, 15) is 17.6 Å². The molecule has 21 heavy (non-hydrogen) atoms. The fraction of sp³-hybridized carbons (Fsp3) is 0.462. The summed E-state index contributed by atoms with van der Waals surface area (Å²) in [5.41, 5.74) is -0.216. The molecule has 0 saturated heterocycles. The quantitative estimate of drug-likeness (QED) is 0.887. The van der Waals surface area contributed by atoms with Gasteiger partial charge in [0.25, 0.3) is 5.91 Å². The molecule has 1 aromatic carbocycles. The van der Waals surface area contributed by atoms with E-state index >= 15 is 0 Å². The van der Waals surface area contributed by atoms with Crippen LogP contribution in [-0.4, -0.2) is 20.4 Å². The second kappa shape index (κ2) is 6.29. The van der Waals surface area contributed by atoms with Gasteiger partial charge in [0.2, 0.25) is 10.0 Å². The lowest BCUT2D eigenvalue weighted by atomic mass is 9.95. The summed E-state index contributed by atoms with van der Waals surface area (Å²) < 4.78 is 36.3. The van der Waals surface area contributed by atoms with E-state index in [1.54, 1.807) is 0 Å². The Bertz CT molecular complexity index is 658. The summed E-state index contributed by atoms with van der Waals surface area (Å²) in [4.78, 5) is 11.7. The van der Waals surface area contributed by atoms with Crippen LogP contribution in [0, 0.1) is 5.82 Å². The largest absolute Gasteiger partial charge is 0.349 e. The van der Waals surface area contributed by atoms with Crippen molar-refractivity contribution in [3.8, 4) is 0 Å². The van der Waals surface area contributed by atoms with Crippen LogP contribution in [0.4, 0.5) is 4.39 Å². The summed E-state index contributed by atoms with van der Waals surface area (Å²) in [5.74, 6) is -1.58. The van der Waals surface area contributed by atoms with E-state index in [4.69, 9.17) is 16.7 Å². The standard InChI is InChI=1S/C13H16ClFN2O3S/c14-12-10(6-9(7-11(12)15)21(16,19)20)13(18)17-8-4-2-1-3-5-8/h6-8H,1-5H2,(H,17,18)(H2,16,19,20). The van der Waals surface area contributed by atoms with E-state index in [2.05, 4.69) is 5.32 Å². The maximum atomic E-state index is 13.7. The SMILES string of the molecule is NS(=O)(=O)c1cc(F)c(Cl)c(C(=O)NC2CCCCC2)c1. The zero-order valence-electron chi connectivity index (χ0n) is 11.2. The average molecular weight is 335 g/mol. The number of amides is 1.